The largest absolute Gasteiger partial charge is 0.380 e. The maximum absolute atomic E-state index is 12.5. The maximum atomic E-state index is 12.5. The molecule has 1 aromatic heterocycles. The van der Waals surface area contributed by atoms with Crippen molar-refractivity contribution in [3.8, 4) is 0 Å². The smallest absolute Gasteiger partial charge is 0.255 e. The van der Waals surface area contributed by atoms with Crippen molar-refractivity contribution in [2.45, 2.75) is 6.61 Å². The molecule has 1 heterocycles. The summed E-state index contributed by atoms with van der Waals surface area (Å²) >= 11 is 6.12. The third kappa shape index (κ3) is 3.50. The van der Waals surface area contributed by atoms with Crippen molar-refractivity contribution >= 4 is 34.1 Å². The number of nitrogens with one attached hydrogen (secondary N) is 1. The molecule has 0 unspecified atom stereocenters. The first-order valence-corrected chi connectivity index (χ1v) is 7.48. The molecule has 1 N–H and O–H groups in total. The van der Waals surface area contributed by atoms with Crippen molar-refractivity contribution in [2.75, 3.05) is 12.4 Å². The molecule has 0 aliphatic rings. The molecule has 116 valence electrons. The van der Waals surface area contributed by atoms with E-state index in [0.717, 1.165) is 10.9 Å². The Morgan fingerprint density at radius 3 is 2.91 bits per heavy atom. The van der Waals surface area contributed by atoms with Gasteiger partial charge >= 0.3 is 0 Å². The van der Waals surface area contributed by atoms with E-state index in [0.29, 0.717) is 28.4 Å². The van der Waals surface area contributed by atoms with Gasteiger partial charge in [-0.15, -0.1) is 0 Å². The molecule has 2 aromatic carbocycles. The minimum absolute atomic E-state index is 0.211. The van der Waals surface area contributed by atoms with Gasteiger partial charge in [-0.05, 0) is 35.9 Å². The van der Waals surface area contributed by atoms with Crippen molar-refractivity contribution in [2.24, 2.45) is 0 Å². The maximum Gasteiger partial charge on any atom is 0.255 e. The molecule has 0 atom stereocenters. The Morgan fingerprint density at radius 1 is 1.22 bits per heavy atom. The van der Waals surface area contributed by atoms with Gasteiger partial charge in [-0.2, -0.15) is 0 Å². The van der Waals surface area contributed by atoms with Crippen molar-refractivity contribution in [3.63, 3.8) is 0 Å². The molecule has 5 heteroatoms. The number of pyridine rings is 1. The number of hydrogen-bond acceptors (Lipinski definition) is 3. The molecule has 0 radical (unpaired) electrons. The summed E-state index contributed by atoms with van der Waals surface area (Å²) in [6, 6.07) is 14.6. The molecule has 0 saturated heterocycles. The SMILES string of the molecule is COCc1cccc(C(=O)Nc2cc(Cl)cc3cccnc23)c1. The van der Waals surface area contributed by atoms with Gasteiger partial charge in [-0.25, -0.2) is 0 Å². The molecular formula is C18H15ClN2O2. The van der Waals surface area contributed by atoms with Crippen LogP contribution in [0.1, 0.15) is 15.9 Å². The van der Waals surface area contributed by atoms with Gasteiger partial charge in [0, 0.05) is 29.3 Å². The molecule has 3 aromatic rings. The predicted molar refractivity (Wildman–Crippen MR) is 91.9 cm³/mol. The van der Waals surface area contributed by atoms with Gasteiger partial charge in [0.1, 0.15) is 0 Å². The lowest BCUT2D eigenvalue weighted by Crippen LogP contribution is -2.12. The zero-order valence-electron chi connectivity index (χ0n) is 12.5. The van der Waals surface area contributed by atoms with Crippen LogP contribution in [-0.4, -0.2) is 18.0 Å². The number of nitrogens with zero attached hydrogens (tertiary/aromatic N) is 1. The fourth-order valence-electron chi connectivity index (χ4n) is 2.41. The van der Waals surface area contributed by atoms with Gasteiger partial charge in [0.25, 0.3) is 5.91 Å². The zero-order chi connectivity index (χ0) is 16.2. The molecule has 0 aliphatic heterocycles. The highest BCUT2D eigenvalue weighted by Gasteiger charge is 2.11. The first kappa shape index (κ1) is 15.5. The van der Waals surface area contributed by atoms with Crippen molar-refractivity contribution in [3.05, 3.63) is 70.9 Å². The Hall–Kier alpha value is -2.43. The Morgan fingerprint density at radius 2 is 2.09 bits per heavy atom. The van der Waals surface area contributed by atoms with Crippen LogP contribution in [0.25, 0.3) is 10.9 Å². The highest BCUT2D eigenvalue weighted by atomic mass is 35.5. The summed E-state index contributed by atoms with van der Waals surface area (Å²) in [5.74, 6) is -0.211. The molecule has 0 aliphatic carbocycles. The summed E-state index contributed by atoms with van der Waals surface area (Å²) in [5, 5.41) is 4.31. The third-order valence-electron chi connectivity index (χ3n) is 3.42. The highest BCUT2D eigenvalue weighted by Crippen LogP contribution is 2.26. The molecule has 0 spiro atoms. The lowest BCUT2D eigenvalue weighted by Gasteiger charge is -2.10. The Kier molecular flexibility index (Phi) is 4.55. The molecule has 3 rings (SSSR count). The number of carbonyl (C=O) groups is 1. The number of amides is 1. The molecule has 0 saturated carbocycles. The summed E-state index contributed by atoms with van der Waals surface area (Å²) in [4.78, 5) is 16.8. The van der Waals surface area contributed by atoms with Gasteiger partial charge in [-0.3, -0.25) is 9.78 Å². The number of ether oxygens (including phenoxy) is 1. The third-order valence-corrected chi connectivity index (χ3v) is 3.64. The lowest BCUT2D eigenvalue weighted by atomic mass is 10.1. The molecular weight excluding hydrogens is 312 g/mol. The van der Waals surface area contributed by atoms with Gasteiger partial charge < -0.3 is 10.1 Å². The number of benzene rings is 2. The van der Waals surface area contributed by atoms with Crippen molar-refractivity contribution in [1.82, 2.24) is 4.98 Å². The summed E-state index contributed by atoms with van der Waals surface area (Å²) in [6.45, 7) is 0.461. The van der Waals surface area contributed by atoms with Crippen LogP contribution in [0.2, 0.25) is 5.02 Å². The monoisotopic (exact) mass is 326 g/mol. The quantitative estimate of drug-likeness (QED) is 0.778. The van der Waals surface area contributed by atoms with E-state index in [1.54, 1.807) is 31.5 Å². The second-order valence-corrected chi connectivity index (χ2v) is 5.55. The number of fused-ring (bicyclic) bond motifs is 1. The van der Waals surface area contributed by atoms with Crippen LogP contribution in [0, 0.1) is 0 Å². The highest BCUT2D eigenvalue weighted by molar-refractivity contribution is 6.32. The van der Waals surface area contributed by atoms with Crippen LogP contribution in [0.5, 0.6) is 0 Å². The number of aromatic nitrogens is 1. The standard InChI is InChI=1S/C18H15ClN2O2/c1-23-11-12-4-2-5-14(8-12)18(22)21-16-10-15(19)9-13-6-3-7-20-17(13)16/h2-10H,11H2,1H3,(H,21,22). The normalized spacial score (nSPS) is 10.7. The number of methoxy groups -OCH3 is 1. The van der Waals surface area contributed by atoms with Gasteiger partial charge in [0.15, 0.2) is 0 Å². The summed E-state index contributed by atoms with van der Waals surface area (Å²) in [7, 11) is 1.62. The number of hydrogen-bond donors (Lipinski definition) is 1. The predicted octanol–water partition coefficient (Wildman–Crippen LogP) is 4.29. The number of carbonyl (C=O) groups excluding carboxylic acids is 1. The average Bonchev–Trinajstić information content (AvgIpc) is 2.55. The van der Waals surface area contributed by atoms with E-state index in [9.17, 15) is 4.79 Å². The van der Waals surface area contributed by atoms with Crippen LogP contribution in [-0.2, 0) is 11.3 Å². The van der Waals surface area contributed by atoms with E-state index in [2.05, 4.69) is 10.3 Å². The van der Waals surface area contributed by atoms with Crippen LogP contribution < -0.4 is 5.32 Å². The fourth-order valence-corrected chi connectivity index (χ4v) is 2.64. The molecule has 1 amide bonds. The second-order valence-electron chi connectivity index (χ2n) is 5.12. The minimum atomic E-state index is -0.211. The Balaban J connectivity index is 1.93. The Bertz CT molecular complexity index is 865. The average molecular weight is 327 g/mol. The van der Waals surface area contributed by atoms with Crippen molar-refractivity contribution < 1.29 is 9.53 Å². The number of rotatable bonds is 4. The van der Waals surface area contributed by atoms with E-state index < -0.39 is 0 Å². The Labute approximate surface area is 139 Å². The zero-order valence-corrected chi connectivity index (χ0v) is 13.3. The fraction of sp³-hybridized carbons (Fsp3) is 0.111. The molecule has 4 nitrogen and oxygen atoms in total. The second kappa shape index (κ2) is 6.77. The molecule has 0 bridgehead atoms. The lowest BCUT2D eigenvalue weighted by molar-refractivity contribution is 0.102. The van der Waals surface area contributed by atoms with E-state index in [-0.39, 0.29) is 5.91 Å². The van der Waals surface area contributed by atoms with Crippen LogP contribution in [0.3, 0.4) is 0 Å². The van der Waals surface area contributed by atoms with Gasteiger partial charge in [0.05, 0.1) is 17.8 Å². The molecule has 0 fully saturated rings. The summed E-state index contributed by atoms with van der Waals surface area (Å²) in [5.41, 5.74) is 2.80. The summed E-state index contributed by atoms with van der Waals surface area (Å²) < 4.78 is 5.10. The van der Waals surface area contributed by atoms with E-state index in [1.807, 2.05) is 30.3 Å². The van der Waals surface area contributed by atoms with Crippen LogP contribution >= 0.6 is 11.6 Å². The number of anilines is 1. The van der Waals surface area contributed by atoms with Gasteiger partial charge in [0.2, 0.25) is 0 Å². The van der Waals surface area contributed by atoms with Gasteiger partial charge in [-0.1, -0.05) is 29.8 Å². The van der Waals surface area contributed by atoms with E-state index >= 15 is 0 Å². The van der Waals surface area contributed by atoms with Crippen molar-refractivity contribution in [1.29, 1.82) is 0 Å². The van der Waals surface area contributed by atoms with Crippen LogP contribution in [0.15, 0.2) is 54.7 Å². The van der Waals surface area contributed by atoms with E-state index in [1.165, 1.54) is 0 Å². The minimum Gasteiger partial charge on any atom is -0.380 e. The first-order chi connectivity index (χ1) is 11.2. The van der Waals surface area contributed by atoms with Crippen LogP contribution in [0.4, 0.5) is 5.69 Å². The first-order valence-electron chi connectivity index (χ1n) is 7.11. The van der Waals surface area contributed by atoms with E-state index in [4.69, 9.17) is 16.3 Å². The summed E-state index contributed by atoms with van der Waals surface area (Å²) in [6.07, 6.45) is 1.69. The topological polar surface area (TPSA) is 51.2 Å². The molecule has 23 heavy (non-hydrogen) atoms. The number of halogens is 1.